The number of piperidine rings is 1. The number of hydrogen-bond donors (Lipinski definition) is 2. The van der Waals surface area contributed by atoms with Crippen molar-refractivity contribution in [2.45, 2.75) is 43.6 Å². The van der Waals surface area contributed by atoms with E-state index in [1.54, 1.807) is 4.90 Å². The first-order chi connectivity index (χ1) is 16.0. The molecule has 2 N–H and O–H groups in total. The van der Waals surface area contributed by atoms with Crippen LogP contribution in [0.2, 0.25) is 0 Å². The van der Waals surface area contributed by atoms with Crippen molar-refractivity contribution < 1.29 is 24.2 Å². The first-order valence-corrected chi connectivity index (χ1v) is 11.6. The summed E-state index contributed by atoms with van der Waals surface area (Å²) in [5.41, 5.74) is 3.69. The molecule has 2 aliphatic carbocycles. The number of carboxylic acids is 1. The Balaban J connectivity index is 1.09. The van der Waals surface area contributed by atoms with Crippen molar-refractivity contribution >= 4 is 18.0 Å². The summed E-state index contributed by atoms with van der Waals surface area (Å²) in [6, 6.07) is 16.3. The van der Waals surface area contributed by atoms with Crippen molar-refractivity contribution in [2.75, 3.05) is 19.7 Å². The predicted octanol–water partition coefficient (Wildman–Crippen LogP) is 3.77. The summed E-state index contributed by atoms with van der Waals surface area (Å²) >= 11 is 0. The number of benzene rings is 2. The number of aliphatic carboxylic acids is 1. The standard InChI is InChI=1S/C26H28N2O5/c29-23(28-14-6-7-17-15-26(17,28)24(30)31)12-5-13-27-25(32)33-16-22-20-10-3-1-8-18(20)19-9-2-4-11-21(19)22/h1-4,8-11,17,22H,5-7,12-16H2,(H,27,32)(H,30,31). The molecule has 0 aromatic heterocycles. The molecule has 172 valence electrons. The van der Waals surface area contributed by atoms with Crippen LogP contribution in [0.5, 0.6) is 0 Å². The SMILES string of the molecule is O=C(NCCCC(=O)N1CCCC2CC21C(=O)O)OCC1c2ccccc2-c2ccccc21. The fourth-order valence-electron chi connectivity index (χ4n) is 5.62. The molecular formula is C26H28N2O5. The fourth-order valence-corrected chi connectivity index (χ4v) is 5.62. The lowest BCUT2D eigenvalue weighted by atomic mass is 9.98. The maximum atomic E-state index is 12.6. The van der Waals surface area contributed by atoms with Gasteiger partial charge in [-0.15, -0.1) is 0 Å². The van der Waals surface area contributed by atoms with Gasteiger partial charge in [0.2, 0.25) is 5.91 Å². The first kappa shape index (κ1) is 21.5. The second-order valence-corrected chi connectivity index (χ2v) is 9.17. The molecule has 2 atom stereocenters. The number of likely N-dealkylation sites (tertiary alicyclic amines) is 1. The number of carbonyl (C=O) groups excluding carboxylic acids is 2. The van der Waals surface area contributed by atoms with Crippen LogP contribution < -0.4 is 5.32 Å². The van der Waals surface area contributed by atoms with Crippen LogP contribution in [0.1, 0.15) is 49.1 Å². The highest BCUT2D eigenvalue weighted by Gasteiger charge is 2.66. The van der Waals surface area contributed by atoms with Crippen LogP contribution in [0.25, 0.3) is 11.1 Å². The van der Waals surface area contributed by atoms with E-state index in [0.717, 1.165) is 24.0 Å². The monoisotopic (exact) mass is 448 g/mol. The van der Waals surface area contributed by atoms with E-state index in [-0.39, 0.29) is 30.8 Å². The average molecular weight is 449 g/mol. The summed E-state index contributed by atoms with van der Waals surface area (Å²) in [7, 11) is 0. The van der Waals surface area contributed by atoms with Gasteiger partial charge in [-0.05, 0) is 53.9 Å². The molecule has 0 spiro atoms. The number of ether oxygens (including phenoxy) is 1. The molecule has 7 nitrogen and oxygen atoms in total. The van der Waals surface area contributed by atoms with Gasteiger partial charge in [-0.1, -0.05) is 48.5 Å². The highest BCUT2D eigenvalue weighted by atomic mass is 16.5. The lowest BCUT2D eigenvalue weighted by Crippen LogP contribution is -2.51. The number of rotatable bonds is 7. The van der Waals surface area contributed by atoms with Gasteiger partial charge in [0.1, 0.15) is 12.1 Å². The van der Waals surface area contributed by atoms with Crippen molar-refractivity contribution in [3.8, 4) is 11.1 Å². The third-order valence-corrected chi connectivity index (χ3v) is 7.34. The third-order valence-electron chi connectivity index (χ3n) is 7.34. The maximum absolute atomic E-state index is 12.6. The van der Waals surface area contributed by atoms with Crippen LogP contribution in [-0.4, -0.2) is 53.2 Å². The van der Waals surface area contributed by atoms with Crippen molar-refractivity contribution in [3.63, 3.8) is 0 Å². The molecule has 1 heterocycles. The molecule has 0 bridgehead atoms. The average Bonchev–Trinajstić information content (AvgIpc) is 3.51. The smallest absolute Gasteiger partial charge is 0.407 e. The number of alkyl carbamates (subject to hydrolysis) is 1. The minimum absolute atomic E-state index is 0.00234. The van der Waals surface area contributed by atoms with Gasteiger partial charge >= 0.3 is 12.1 Å². The Hall–Kier alpha value is -3.35. The van der Waals surface area contributed by atoms with E-state index in [1.807, 2.05) is 24.3 Å². The van der Waals surface area contributed by atoms with Crippen LogP contribution in [0.3, 0.4) is 0 Å². The molecule has 7 heteroatoms. The Labute approximate surface area is 192 Å². The van der Waals surface area contributed by atoms with Gasteiger partial charge in [0.15, 0.2) is 0 Å². The van der Waals surface area contributed by atoms with E-state index in [4.69, 9.17) is 4.74 Å². The molecule has 2 aromatic carbocycles. The van der Waals surface area contributed by atoms with Crippen molar-refractivity contribution in [2.24, 2.45) is 5.92 Å². The van der Waals surface area contributed by atoms with Crippen LogP contribution in [0.15, 0.2) is 48.5 Å². The zero-order valence-electron chi connectivity index (χ0n) is 18.5. The number of fused-ring (bicyclic) bond motifs is 4. The highest BCUT2D eigenvalue weighted by Crippen LogP contribution is 2.54. The summed E-state index contributed by atoms with van der Waals surface area (Å²) in [6.45, 7) is 1.05. The summed E-state index contributed by atoms with van der Waals surface area (Å²) in [4.78, 5) is 38.2. The summed E-state index contributed by atoms with van der Waals surface area (Å²) < 4.78 is 5.51. The van der Waals surface area contributed by atoms with Gasteiger partial charge in [0.05, 0.1) is 0 Å². The van der Waals surface area contributed by atoms with E-state index in [0.29, 0.717) is 25.9 Å². The quantitative estimate of drug-likeness (QED) is 0.629. The number of hydrogen-bond acceptors (Lipinski definition) is 4. The lowest BCUT2D eigenvalue weighted by molar-refractivity contribution is -0.154. The van der Waals surface area contributed by atoms with Gasteiger partial charge < -0.3 is 20.1 Å². The molecule has 0 radical (unpaired) electrons. The molecule has 1 saturated carbocycles. The second-order valence-electron chi connectivity index (χ2n) is 9.17. The molecule has 2 aromatic rings. The number of nitrogens with one attached hydrogen (secondary N) is 1. The first-order valence-electron chi connectivity index (χ1n) is 11.6. The lowest BCUT2D eigenvalue weighted by Gasteiger charge is -2.33. The third kappa shape index (κ3) is 3.75. The van der Waals surface area contributed by atoms with Crippen molar-refractivity contribution in [1.29, 1.82) is 0 Å². The molecule has 2 fully saturated rings. The number of carbonyl (C=O) groups is 3. The zero-order chi connectivity index (χ0) is 23.0. The Bertz CT molecular complexity index is 1050. The topological polar surface area (TPSA) is 95.9 Å². The van der Waals surface area contributed by atoms with Gasteiger partial charge in [-0.2, -0.15) is 0 Å². The number of amides is 2. The van der Waals surface area contributed by atoms with Crippen molar-refractivity contribution in [3.05, 3.63) is 59.7 Å². The van der Waals surface area contributed by atoms with Crippen LogP contribution in [0.4, 0.5) is 4.79 Å². The van der Waals surface area contributed by atoms with E-state index in [9.17, 15) is 19.5 Å². The van der Waals surface area contributed by atoms with Crippen LogP contribution in [-0.2, 0) is 14.3 Å². The van der Waals surface area contributed by atoms with E-state index >= 15 is 0 Å². The molecule has 1 saturated heterocycles. The number of nitrogens with zero attached hydrogens (tertiary/aromatic N) is 1. The molecule has 33 heavy (non-hydrogen) atoms. The molecule has 2 amide bonds. The van der Waals surface area contributed by atoms with E-state index < -0.39 is 17.6 Å². The summed E-state index contributed by atoms with van der Waals surface area (Å²) in [5, 5.41) is 12.3. The molecule has 1 aliphatic heterocycles. The van der Waals surface area contributed by atoms with Gasteiger partial charge in [-0.3, -0.25) is 4.79 Å². The van der Waals surface area contributed by atoms with Gasteiger partial charge in [-0.25, -0.2) is 9.59 Å². The Kier molecular flexibility index (Phi) is 5.56. The Morgan fingerprint density at radius 3 is 2.39 bits per heavy atom. The van der Waals surface area contributed by atoms with Crippen LogP contribution in [0, 0.1) is 5.92 Å². The maximum Gasteiger partial charge on any atom is 0.407 e. The molecular weight excluding hydrogens is 420 g/mol. The zero-order valence-corrected chi connectivity index (χ0v) is 18.5. The minimum Gasteiger partial charge on any atom is -0.479 e. The van der Waals surface area contributed by atoms with Gasteiger partial charge in [0.25, 0.3) is 0 Å². The highest BCUT2D eigenvalue weighted by molar-refractivity contribution is 5.90. The Morgan fingerprint density at radius 1 is 1.06 bits per heavy atom. The molecule has 5 rings (SSSR count). The summed E-state index contributed by atoms with van der Waals surface area (Å²) in [6.07, 6.45) is 2.44. The summed E-state index contributed by atoms with van der Waals surface area (Å²) in [5.74, 6) is -0.944. The van der Waals surface area contributed by atoms with E-state index in [1.165, 1.54) is 11.1 Å². The predicted molar refractivity (Wildman–Crippen MR) is 122 cm³/mol. The largest absolute Gasteiger partial charge is 0.479 e. The molecule has 2 unspecified atom stereocenters. The van der Waals surface area contributed by atoms with Crippen LogP contribution >= 0.6 is 0 Å². The Morgan fingerprint density at radius 2 is 1.73 bits per heavy atom. The fraction of sp³-hybridized carbons (Fsp3) is 0.423. The van der Waals surface area contributed by atoms with Crippen molar-refractivity contribution in [1.82, 2.24) is 10.2 Å². The normalized spacial score (nSPS) is 22.7. The minimum atomic E-state index is -0.977. The van der Waals surface area contributed by atoms with Gasteiger partial charge in [0, 0.05) is 25.4 Å². The number of carboxylic acid groups (broad SMARTS) is 1. The second kappa shape index (κ2) is 8.54. The van der Waals surface area contributed by atoms with E-state index in [2.05, 4.69) is 29.6 Å². The molecule has 3 aliphatic rings.